The van der Waals surface area contributed by atoms with Gasteiger partial charge in [0.15, 0.2) is 0 Å². The summed E-state index contributed by atoms with van der Waals surface area (Å²) in [5.41, 5.74) is 1.47. The number of halogens is 2. The fraction of sp³-hybridized carbons (Fsp3) is 0.0526. The van der Waals surface area contributed by atoms with Gasteiger partial charge in [-0.3, -0.25) is 9.44 Å². The minimum absolute atomic E-state index is 0.0318. The van der Waals surface area contributed by atoms with Crippen molar-refractivity contribution in [2.45, 2.75) is 16.7 Å². The lowest BCUT2D eigenvalue weighted by Crippen LogP contribution is -2.14. The van der Waals surface area contributed by atoms with Gasteiger partial charge in [0.25, 0.3) is 20.0 Å². The molecule has 3 aromatic carbocycles. The molecule has 0 aromatic heterocycles. The molecule has 0 bridgehead atoms. The van der Waals surface area contributed by atoms with Gasteiger partial charge in [0.05, 0.1) is 9.92 Å². The van der Waals surface area contributed by atoms with Crippen molar-refractivity contribution in [1.82, 2.24) is 0 Å². The lowest BCUT2D eigenvalue weighted by Gasteiger charge is -2.12. The molecule has 29 heavy (non-hydrogen) atoms. The van der Waals surface area contributed by atoms with Crippen molar-refractivity contribution < 1.29 is 16.8 Å². The molecule has 10 heteroatoms. The van der Waals surface area contributed by atoms with E-state index < -0.39 is 20.0 Å². The van der Waals surface area contributed by atoms with Crippen molar-refractivity contribution in [3.63, 3.8) is 0 Å². The molecule has 0 saturated heterocycles. The number of hydrogen-bond acceptors (Lipinski definition) is 4. The van der Waals surface area contributed by atoms with Crippen molar-refractivity contribution >= 4 is 54.6 Å². The van der Waals surface area contributed by atoms with E-state index in [2.05, 4.69) is 9.44 Å². The van der Waals surface area contributed by atoms with Crippen LogP contribution in [0.2, 0.25) is 10.0 Å². The van der Waals surface area contributed by atoms with Crippen LogP contribution >= 0.6 is 23.2 Å². The first-order chi connectivity index (χ1) is 13.6. The first kappa shape index (κ1) is 21.4. The molecule has 152 valence electrons. The van der Waals surface area contributed by atoms with E-state index in [0.717, 1.165) is 5.56 Å². The normalized spacial score (nSPS) is 11.8. The average Bonchev–Trinajstić information content (AvgIpc) is 2.65. The highest BCUT2D eigenvalue weighted by Gasteiger charge is 2.19. The zero-order valence-electron chi connectivity index (χ0n) is 15.1. The van der Waals surface area contributed by atoms with Gasteiger partial charge in [-0.15, -0.1) is 0 Å². The van der Waals surface area contributed by atoms with Crippen LogP contribution < -0.4 is 9.44 Å². The molecule has 0 unspecified atom stereocenters. The topological polar surface area (TPSA) is 92.3 Å². The van der Waals surface area contributed by atoms with Gasteiger partial charge in [-0.25, -0.2) is 16.8 Å². The van der Waals surface area contributed by atoms with Gasteiger partial charge in [-0.05, 0) is 61.5 Å². The Morgan fingerprint density at radius 2 is 1.21 bits per heavy atom. The second-order valence-corrected chi connectivity index (χ2v) is 10.4. The summed E-state index contributed by atoms with van der Waals surface area (Å²) in [6.45, 7) is 1.86. The molecule has 0 aliphatic heterocycles. The molecular formula is C19H16Cl2N2O4S2. The Kier molecular flexibility index (Phi) is 6.09. The Labute approximate surface area is 179 Å². The molecular weight excluding hydrogens is 455 g/mol. The molecule has 0 aliphatic rings. The van der Waals surface area contributed by atoms with Crippen LogP contribution in [0.1, 0.15) is 5.56 Å². The average molecular weight is 471 g/mol. The van der Waals surface area contributed by atoms with Crippen molar-refractivity contribution in [2.24, 2.45) is 0 Å². The Hall–Kier alpha value is -2.26. The Morgan fingerprint density at radius 3 is 1.76 bits per heavy atom. The van der Waals surface area contributed by atoms with Crippen LogP contribution in [0.25, 0.3) is 0 Å². The van der Waals surface area contributed by atoms with Gasteiger partial charge in [-0.1, -0.05) is 40.9 Å². The number of nitrogens with one attached hydrogen (secondary N) is 2. The minimum Gasteiger partial charge on any atom is -0.280 e. The molecule has 3 rings (SSSR count). The van der Waals surface area contributed by atoms with Crippen LogP contribution in [0.5, 0.6) is 0 Å². The zero-order chi connectivity index (χ0) is 21.2. The molecule has 0 atom stereocenters. The summed E-state index contributed by atoms with van der Waals surface area (Å²) < 4.78 is 54.8. The lowest BCUT2D eigenvalue weighted by molar-refractivity contribution is 0.599. The number of anilines is 2. The van der Waals surface area contributed by atoms with E-state index in [0.29, 0.717) is 0 Å². The van der Waals surface area contributed by atoms with E-state index in [4.69, 9.17) is 23.2 Å². The summed E-state index contributed by atoms with van der Waals surface area (Å²) in [6.07, 6.45) is 0. The second-order valence-electron chi connectivity index (χ2n) is 6.18. The Balaban J connectivity index is 1.78. The standard InChI is InChI=1S/C19H16Cl2N2O4S2/c1-13-2-9-17(10-3-13)28(24,25)22-15-5-7-16(8-6-15)23-29(26,27)19-12-14(20)4-11-18(19)21/h2-12,22-23H,1H3. The third-order valence-electron chi connectivity index (χ3n) is 3.90. The molecule has 0 heterocycles. The SMILES string of the molecule is Cc1ccc(S(=O)(=O)Nc2ccc(NS(=O)(=O)c3cc(Cl)ccc3Cl)cc2)cc1. The summed E-state index contributed by atoms with van der Waals surface area (Å²) in [5, 5.41) is 0.264. The van der Waals surface area contributed by atoms with Crippen LogP contribution in [0.15, 0.2) is 76.5 Å². The highest BCUT2D eigenvalue weighted by atomic mass is 35.5. The molecule has 3 aromatic rings. The van der Waals surface area contributed by atoms with E-state index in [-0.39, 0.29) is 31.2 Å². The van der Waals surface area contributed by atoms with E-state index >= 15 is 0 Å². The van der Waals surface area contributed by atoms with E-state index in [9.17, 15) is 16.8 Å². The molecule has 0 aliphatic carbocycles. The predicted molar refractivity (Wildman–Crippen MR) is 116 cm³/mol. The number of sulfonamides is 2. The summed E-state index contributed by atoms with van der Waals surface area (Å²) in [4.78, 5) is -0.0284. The van der Waals surface area contributed by atoms with Crippen molar-refractivity contribution in [2.75, 3.05) is 9.44 Å². The van der Waals surface area contributed by atoms with Crippen LogP contribution in [0.4, 0.5) is 11.4 Å². The van der Waals surface area contributed by atoms with Crippen LogP contribution in [0, 0.1) is 6.92 Å². The van der Waals surface area contributed by atoms with Gasteiger partial charge in [0, 0.05) is 16.4 Å². The number of rotatable bonds is 6. The molecule has 2 N–H and O–H groups in total. The summed E-state index contributed by atoms with van der Waals surface area (Å²) in [6, 6.07) is 16.3. The Bertz CT molecular complexity index is 1240. The molecule has 0 saturated carbocycles. The first-order valence-electron chi connectivity index (χ1n) is 8.24. The largest absolute Gasteiger partial charge is 0.280 e. The lowest BCUT2D eigenvalue weighted by atomic mass is 10.2. The van der Waals surface area contributed by atoms with Crippen LogP contribution in [0.3, 0.4) is 0 Å². The zero-order valence-corrected chi connectivity index (χ0v) is 18.2. The van der Waals surface area contributed by atoms with E-state index in [1.807, 2.05) is 6.92 Å². The van der Waals surface area contributed by atoms with Crippen LogP contribution in [-0.2, 0) is 20.0 Å². The van der Waals surface area contributed by atoms with Crippen molar-refractivity contribution in [1.29, 1.82) is 0 Å². The fourth-order valence-electron chi connectivity index (χ4n) is 2.43. The fourth-order valence-corrected chi connectivity index (χ4v) is 5.31. The summed E-state index contributed by atoms with van der Waals surface area (Å²) in [7, 11) is -7.72. The molecule has 0 radical (unpaired) electrons. The minimum atomic E-state index is -3.97. The third-order valence-corrected chi connectivity index (χ3v) is 7.40. The van der Waals surface area contributed by atoms with Gasteiger partial charge < -0.3 is 0 Å². The quantitative estimate of drug-likeness (QED) is 0.535. The van der Waals surface area contributed by atoms with Crippen molar-refractivity contribution in [3.8, 4) is 0 Å². The number of benzene rings is 3. The maximum absolute atomic E-state index is 12.5. The van der Waals surface area contributed by atoms with Crippen LogP contribution in [-0.4, -0.2) is 16.8 Å². The third kappa shape index (κ3) is 5.22. The maximum Gasteiger partial charge on any atom is 0.263 e. The molecule has 0 fully saturated rings. The van der Waals surface area contributed by atoms with Crippen molar-refractivity contribution in [3.05, 3.63) is 82.3 Å². The summed E-state index contributed by atoms with van der Waals surface area (Å²) >= 11 is 11.8. The highest BCUT2D eigenvalue weighted by molar-refractivity contribution is 7.93. The van der Waals surface area contributed by atoms with E-state index in [1.165, 1.54) is 54.6 Å². The maximum atomic E-state index is 12.5. The number of aryl methyl sites for hydroxylation is 1. The van der Waals surface area contributed by atoms with E-state index in [1.54, 1.807) is 12.1 Å². The first-order valence-corrected chi connectivity index (χ1v) is 12.0. The smallest absolute Gasteiger partial charge is 0.263 e. The van der Waals surface area contributed by atoms with Gasteiger partial charge in [-0.2, -0.15) is 0 Å². The molecule has 6 nitrogen and oxygen atoms in total. The number of hydrogen-bond donors (Lipinski definition) is 2. The molecule has 0 spiro atoms. The van der Waals surface area contributed by atoms with Gasteiger partial charge in [0.2, 0.25) is 0 Å². The summed E-state index contributed by atoms with van der Waals surface area (Å²) in [5.74, 6) is 0. The predicted octanol–water partition coefficient (Wildman–Crippen LogP) is 4.90. The second kappa shape index (κ2) is 8.23. The molecule has 0 amide bonds. The monoisotopic (exact) mass is 470 g/mol. The highest BCUT2D eigenvalue weighted by Crippen LogP contribution is 2.27. The van der Waals surface area contributed by atoms with Gasteiger partial charge >= 0.3 is 0 Å². The van der Waals surface area contributed by atoms with Gasteiger partial charge in [0.1, 0.15) is 4.90 Å². The Morgan fingerprint density at radius 1 is 0.690 bits per heavy atom.